The molecule has 7 nitrogen and oxygen atoms in total. The molecular weight excluding hydrogens is 385 g/mol. The van der Waals surface area contributed by atoms with E-state index in [-0.39, 0.29) is 22.4 Å². The SMILES string of the molecule is Cc1nc(C(C)c2cc(Cl)c(F)c(C(N)=O)c2OC(C)C)n2ccnc(N)c12. The van der Waals surface area contributed by atoms with E-state index in [4.69, 9.17) is 27.8 Å². The highest BCUT2D eigenvalue weighted by Gasteiger charge is 2.28. The third kappa shape index (κ3) is 3.24. The molecule has 1 unspecified atom stereocenters. The summed E-state index contributed by atoms with van der Waals surface area (Å²) in [5.74, 6) is -1.24. The maximum Gasteiger partial charge on any atom is 0.255 e. The van der Waals surface area contributed by atoms with Crippen molar-refractivity contribution in [1.82, 2.24) is 14.4 Å². The number of anilines is 1. The van der Waals surface area contributed by atoms with Crippen LogP contribution in [-0.2, 0) is 0 Å². The van der Waals surface area contributed by atoms with Gasteiger partial charge >= 0.3 is 0 Å². The molecule has 3 rings (SSSR count). The Labute approximate surface area is 166 Å². The van der Waals surface area contributed by atoms with Gasteiger partial charge in [-0.25, -0.2) is 14.4 Å². The van der Waals surface area contributed by atoms with E-state index < -0.39 is 17.6 Å². The number of ether oxygens (including phenoxy) is 1. The highest BCUT2D eigenvalue weighted by Crippen LogP contribution is 2.39. The van der Waals surface area contributed by atoms with Crippen molar-refractivity contribution in [1.29, 1.82) is 0 Å². The van der Waals surface area contributed by atoms with Gasteiger partial charge in [-0.1, -0.05) is 18.5 Å². The summed E-state index contributed by atoms with van der Waals surface area (Å²) >= 11 is 6.06. The number of benzene rings is 1. The molecule has 4 N–H and O–H groups in total. The first kappa shape index (κ1) is 19.9. The van der Waals surface area contributed by atoms with E-state index in [0.29, 0.717) is 28.4 Å². The average Bonchev–Trinajstić information content (AvgIpc) is 2.95. The molecule has 0 saturated carbocycles. The van der Waals surface area contributed by atoms with E-state index in [0.717, 1.165) is 0 Å². The lowest BCUT2D eigenvalue weighted by Crippen LogP contribution is -2.20. The number of aromatic nitrogens is 3. The van der Waals surface area contributed by atoms with Gasteiger partial charge in [0.05, 0.1) is 16.8 Å². The fourth-order valence-electron chi connectivity index (χ4n) is 3.25. The van der Waals surface area contributed by atoms with E-state index in [1.165, 1.54) is 6.07 Å². The lowest BCUT2D eigenvalue weighted by Gasteiger charge is -2.21. The molecule has 0 aliphatic rings. The van der Waals surface area contributed by atoms with Crippen molar-refractivity contribution < 1.29 is 13.9 Å². The molecule has 9 heteroatoms. The molecule has 0 aliphatic heterocycles. The fourth-order valence-corrected chi connectivity index (χ4v) is 3.46. The Kier molecular flexibility index (Phi) is 5.16. The van der Waals surface area contributed by atoms with Gasteiger partial charge in [0.25, 0.3) is 5.91 Å². The summed E-state index contributed by atoms with van der Waals surface area (Å²) in [6.45, 7) is 7.22. The van der Waals surface area contributed by atoms with Gasteiger partial charge in [0.1, 0.15) is 28.5 Å². The quantitative estimate of drug-likeness (QED) is 0.675. The van der Waals surface area contributed by atoms with Crippen molar-refractivity contribution >= 4 is 28.8 Å². The normalized spacial score (nSPS) is 12.5. The summed E-state index contributed by atoms with van der Waals surface area (Å²) in [4.78, 5) is 20.6. The zero-order chi connectivity index (χ0) is 20.7. The number of primary amides is 1. The summed E-state index contributed by atoms with van der Waals surface area (Å²) in [6, 6.07) is 1.44. The van der Waals surface area contributed by atoms with Gasteiger partial charge in [-0.15, -0.1) is 0 Å². The maximum absolute atomic E-state index is 14.6. The molecule has 1 aromatic carbocycles. The van der Waals surface area contributed by atoms with Crippen LogP contribution in [-0.4, -0.2) is 26.4 Å². The number of halogens is 2. The predicted molar refractivity (Wildman–Crippen MR) is 105 cm³/mol. The van der Waals surface area contributed by atoms with Crippen LogP contribution < -0.4 is 16.2 Å². The van der Waals surface area contributed by atoms with E-state index >= 15 is 0 Å². The smallest absolute Gasteiger partial charge is 0.255 e. The summed E-state index contributed by atoms with van der Waals surface area (Å²) in [6.07, 6.45) is 2.99. The van der Waals surface area contributed by atoms with Crippen LogP contribution in [0.3, 0.4) is 0 Å². The van der Waals surface area contributed by atoms with Crippen LogP contribution in [0, 0.1) is 12.7 Å². The molecule has 1 amide bonds. The van der Waals surface area contributed by atoms with Gasteiger partial charge in [-0.05, 0) is 26.8 Å². The number of carbonyl (C=O) groups excluding carboxylic acids is 1. The van der Waals surface area contributed by atoms with Gasteiger partial charge in [-0.3, -0.25) is 9.20 Å². The second-order valence-corrected chi connectivity index (χ2v) is 7.21. The number of rotatable bonds is 5. The van der Waals surface area contributed by atoms with Crippen LogP contribution in [0.2, 0.25) is 5.02 Å². The Balaban J connectivity index is 2.29. The van der Waals surface area contributed by atoms with Crippen molar-refractivity contribution in [3.05, 3.63) is 51.9 Å². The number of imidazole rings is 1. The molecular formula is C19H21ClFN5O2. The molecule has 2 heterocycles. The summed E-state index contributed by atoms with van der Waals surface area (Å²) < 4.78 is 22.2. The summed E-state index contributed by atoms with van der Waals surface area (Å²) in [5, 5.41) is -0.217. The first-order chi connectivity index (χ1) is 13.1. The Morgan fingerprint density at radius 2 is 2.04 bits per heavy atom. The van der Waals surface area contributed by atoms with Crippen molar-refractivity contribution in [3.63, 3.8) is 0 Å². The molecule has 0 saturated heterocycles. The monoisotopic (exact) mass is 405 g/mol. The Morgan fingerprint density at radius 3 is 2.64 bits per heavy atom. The van der Waals surface area contributed by atoms with Gasteiger partial charge in [0.2, 0.25) is 0 Å². The van der Waals surface area contributed by atoms with Gasteiger partial charge in [-0.2, -0.15) is 0 Å². The Hall–Kier alpha value is -2.87. The fraction of sp³-hybridized carbons (Fsp3) is 0.316. The van der Waals surface area contributed by atoms with E-state index in [9.17, 15) is 9.18 Å². The Morgan fingerprint density at radius 1 is 1.36 bits per heavy atom. The standard InChI is InChI=1S/C19H21ClFN5O2/c1-8(2)28-16-11(7-12(20)14(21)13(16)18(23)27)9(3)19-25-10(4)15-17(22)24-5-6-26(15)19/h5-9H,1-4H3,(H2,22,24)(H2,23,27). The van der Waals surface area contributed by atoms with Crippen LogP contribution in [0.4, 0.5) is 10.2 Å². The minimum absolute atomic E-state index is 0.0633. The van der Waals surface area contributed by atoms with Crippen LogP contribution >= 0.6 is 11.6 Å². The number of aryl methyl sites for hydroxylation is 1. The number of nitrogens with two attached hydrogens (primary N) is 2. The molecule has 3 aromatic rings. The minimum atomic E-state index is -0.957. The molecule has 0 spiro atoms. The number of carbonyl (C=O) groups is 1. The molecule has 28 heavy (non-hydrogen) atoms. The van der Waals surface area contributed by atoms with Crippen molar-refractivity contribution in [2.24, 2.45) is 5.73 Å². The van der Waals surface area contributed by atoms with E-state index in [1.54, 1.807) is 26.2 Å². The molecule has 0 fully saturated rings. The maximum atomic E-state index is 14.6. The molecule has 0 bridgehead atoms. The highest BCUT2D eigenvalue weighted by molar-refractivity contribution is 6.31. The zero-order valence-electron chi connectivity index (χ0n) is 16.0. The molecule has 2 aromatic heterocycles. The topological polar surface area (TPSA) is 109 Å². The zero-order valence-corrected chi connectivity index (χ0v) is 16.7. The molecule has 0 aliphatic carbocycles. The Bertz CT molecular complexity index is 1080. The van der Waals surface area contributed by atoms with Crippen LogP contribution in [0.25, 0.3) is 5.52 Å². The van der Waals surface area contributed by atoms with Crippen molar-refractivity contribution in [3.8, 4) is 5.75 Å². The number of nitrogen functional groups attached to an aromatic ring is 1. The van der Waals surface area contributed by atoms with E-state index in [2.05, 4.69) is 9.97 Å². The average molecular weight is 406 g/mol. The number of fused-ring (bicyclic) bond motifs is 1. The summed E-state index contributed by atoms with van der Waals surface area (Å²) in [5.41, 5.74) is 12.9. The third-order valence-electron chi connectivity index (χ3n) is 4.44. The number of hydrogen-bond acceptors (Lipinski definition) is 5. The van der Waals surface area contributed by atoms with Gasteiger partial charge in [0.15, 0.2) is 5.82 Å². The summed E-state index contributed by atoms with van der Waals surface area (Å²) in [7, 11) is 0. The number of hydrogen-bond donors (Lipinski definition) is 2. The van der Waals surface area contributed by atoms with Crippen LogP contribution in [0.15, 0.2) is 18.5 Å². The van der Waals surface area contributed by atoms with Crippen LogP contribution in [0.5, 0.6) is 5.75 Å². The lowest BCUT2D eigenvalue weighted by molar-refractivity contribution is 0.0990. The number of amides is 1. The number of nitrogens with zero attached hydrogens (tertiary/aromatic N) is 3. The second-order valence-electron chi connectivity index (χ2n) is 6.80. The van der Waals surface area contributed by atoms with Gasteiger partial charge in [0, 0.05) is 23.9 Å². The van der Waals surface area contributed by atoms with Crippen LogP contribution in [0.1, 0.15) is 54.1 Å². The lowest BCUT2D eigenvalue weighted by atomic mass is 9.95. The first-order valence-electron chi connectivity index (χ1n) is 8.70. The van der Waals surface area contributed by atoms with E-state index in [1.807, 2.05) is 18.2 Å². The molecule has 0 radical (unpaired) electrons. The second kappa shape index (κ2) is 7.27. The third-order valence-corrected chi connectivity index (χ3v) is 4.71. The van der Waals surface area contributed by atoms with Crippen molar-refractivity contribution in [2.75, 3.05) is 5.73 Å². The molecule has 1 atom stereocenters. The van der Waals surface area contributed by atoms with Crippen molar-refractivity contribution in [2.45, 2.75) is 39.7 Å². The van der Waals surface area contributed by atoms with Gasteiger partial charge < -0.3 is 16.2 Å². The predicted octanol–water partition coefficient (Wildman–Crippen LogP) is 3.45. The minimum Gasteiger partial charge on any atom is -0.490 e. The highest BCUT2D eigenvalue weighted by atomic mass is 35.5. The largest absolute Gasteiger partial charge is 0.490 e. The first-order valence-corrected chi connectivity index (χ1v) is 9.08. The molecule has 148 valence electrons.